The van der Waals surface area contributed by atoms with Gasteiger partial charge in [-0.2, -0.15) is 0 Å². The maximum Gasteiger partial charge on any atom is 0.217 e. The minimum Gasteiger partial charge on any atom is -0.390 e. The Kier molecular flexibility index (Phi) is 3.07. The minimum absolute atomic E-state index is 0.00140. The predicted molar refractivity (Wildman–Crippen MR) is 62.8 cm³/mol. The molecule has 0 unspecified atom stereocenters. The van der Waals surface area contributed by atoms with E-state index in [1.165, 1.54) is 0 Å². The van der Waals surface area contributed by atoms with Crippen molar-refractivity contribution in [3.63, 3.8) is 0 Å². The summed E-state index contributed by atoms with van der Waals surface area (Å²) in [5.74, 6) is 0. The number of rotatable bonds is 2. The van der Waals surface area contributed by atoms with Crippen molar-refractivity contribution in [1.82, 2.24) is 0 Å². The lowest BCUT2D eigenvalue weighted by Crippen LogP contribution is -2.54. The van der Waals surface area contributed by atoms with Gasteiger partial charge in [-0.3, -0.25) is 0 Å². The zero-order valence-electron chi connectivity index (χ0n) is 10.3. The van der Waals surface area contributed by atoms with E-state index in [4.69, 9.17) is 16.0 Å². The minimum atomic E-state index is -0.786. The molecule has 0 radical (unpaired) electrons. The molecule has 2 bridgehead atoms. The Hall–Kier alpha value is -0.670. The number of aliphatic hydroxyl groups is 2. The number of aliphatic hydroxyl groups excluding tert-OH is 2. The average molecular weight is 253 g/mol. The Labute approximate surface area is 107 Å². The highest BCUT2D eigenvalue weighted by Gasteiger charge is 2.59. The third-order valence-corrected chi connectivity index (χ3v) is 4.52. The number of hydrogen-bond donors (Lipinski definition) is 2. The molecule has 100 valence electrons. The lowest BCUT2D eigenvalue weighted by Gasteiger charge is -2.44. The molecule has 0 amide bonds. The highest BCUT2D eigenvalue weighted by molar-refractivity contribution is 5.09. The Morgan fingerprint density at radius 1 is 1.28 bits per heavy atom. The largest absolute Gasteiger partial charge is 0.390 e. The van der Waals surface area contributed by atoms with E-state index < -0.39 is 17.8 Å². The normalized spacial score (nSPS) is 50.6. The summed E-state index contributed by atoms with van der Waals surface area (Å²) < 4.78 is 12.0. The van der Waals surface area contributed by atoms with Crippen LogP contribution in [0.2, 0.25) is 0 Å². The summed E-state index contributed by atoms with van der Waals surface area (Å²) in [5.41, 5.74) is -0.422. The van der Waals surface area contributed by atoms with E-state index in [-0.39, 0.29) is 18.3 Å². The van der Waals surface area contributed by atoms with E-state index >= 15 is 0 Å². The molecule has 5 nitrogen and oxygen atoms in total. The lowest BCUT2D eigenvalue weighted by molar-refractivity contribution is -0.177. The van der Waals surface area contributed by atoms with Gasteiger partial charge in [0.15, 0.2) is 0 Å². The fraction of sp³-hybridized carbons (Fsp3) is 0.923. The van der Waals surface area contributed by atoms with Gasteiger partial charge in [-0.05, 0) is 12.8 Å². The lowest BCUT2D eigenvalue weighted by atomic mass is 9.76. The molecule has 1 aliphatic carbocycles. The maximum atomic E-state index is 9.90. The van der Waals surface area contributed by atoms with Crippen molar-refractivity contribution < 1.29 is 19.7 Å². The smallest absolute Gasteiger partial charge is 0.217 e. The molecule has 0 aromatic heterocycles. The molecular formula is C13H19NO4. The standard InChI is InChI=1S/C13H19NO4/c1-14-5-4-8-2-3-11-13(18-8)6-9(15)12(16)10(7-13)17-11/h8-12,15-16H,2-7H2/t8-,9-,10-,11+,12-,13+/m1/s1. The van der Waals surface area contributed by atoms with Crippen molar-refractivity contribution in [2.45, 2.75) is 68.2 Å². The number of hydrogen-bond acceptors (Lipinski definition) is 4. The van der Waals surface area contributed by atoms with Crippen LogP contribution in [0.1, 0.15) is 32.1 Å². The topological polar surface area (TPSA) is 63.3 Å². The van der Waals surface area contributed by atoms with Crippen LogP contribution in [-0.2, 0) is 9.47 Å². The SMILES string of the molecule is [C-]#[N+]CC[C@H]1CC[C@@H]2O[C@@H]3C[C@]2(C[C@@H](O)[C@H]3O)O1. The van der Waals surface area contributed by atoms with E-state index in [2.05, 4.69) is 4.85 Å². The molecule has 6 atom stereocenters. The summed E-state index contributed by atoms with van der Waals surface area (Å²) in [6.45, 7) is 7.32. The summed E-state index contributed by atoms with van der Waals surface area (Å²) in [7, 11) is 0. The highest BCUT2D eigenvalue weighted by Crippen LogP contribution is 2.49. The summed E-state index contributed by atoms with van der Waals surface area (Å²) in [4.78, 5) is 3.37. The van der Waals surface area contributed by atoms with Crippen LogP contribution >= 0.6 is 0 Å². The molecule has 5 heteroatoms. The molecule has 1 saturated carbocycles. The second-order valence-corrected chi connectivity index (χ2v) is 5.68. The first-order valence-electron chi connectivity index (χ1n) is 6.67. The van der Waals surface area contributed by atoms with Crippen molar-refractivity contribution in [3.8, 4) is 0 Å². The first-order chi connectivity index (χ1) is 8.64. The third kappa shape index (κ3) is 1.84. The van der Waals surface area contributed by atoms with Gasteiger partial charge in [0.2, 0.25) is 6.54 Å². The Balaban J connectivity index is 1.74. The van der Waals surface area contributed by atoms with Crippen molar-refractivity contribution in [2.24, 2.45) is 0 Å². The van der Waals surface area contributed by atoms with Crippen LogP contribution in [0, 0.1) is 6.57 Å². The monoisotopic (exact) mass is 253 g/mol. The molecule has 0 aromatic carbocycles. The van der Waals surface area contributed by atoms with Crippen molar-refractivity contribution >= 4 is 0 Å². The van der Waals surface area contributed by atoms with Gasteiger partial charge in [-0.25, -0.2) is 6.57 Å². The number of ether oxygens (including phenoxy) is 2. The van der Waals surface area contributed by atoms with Gasteiger partial charge in [0.05, 0.1) is 30.0 Å². The quantitative estimate of drug-likeness (QED) is 0.703. The van der Waals surface area contributed by atoms with Crippen LogP contribution in [-0.4, -0.2) is 52.9 Å². The second kappa shape index (κ2) is 4.46. The summed E-state index contributed by atoms with van der Waals surface area (Å²) in [6, 6.07) is 0. The average Bonchev–Trinajstić information content (AvgIpc) is 2.68. The number of nitrogens with zero attached hydrogens (tertiary/aromatic N) is 1. The van der Waals surface area contributed by atoms with Gasteiger partial charge in [-0.15, -0.1) is 0 Å². The van der Waals surface area contributed by atoms with Gasteiger partial charge in [0.25, 0.3) is 0 Å². The van der Waals surface area contributed by atoms with Gasteiger partial charge in [-0.1, -0.05) is 0 Å². The molecule has 2 heterocycles. The van der Waals surface area contributed by atoms with E-state index in [0.717, 1.165) is 19.3 Å². The van der Waals surface area contributed by atoms with Crippen LogP contribution < -0.4 is 0 Å². The Morgan fingerprint density at radius 3 is 2.89 bits per heavy atom. The van der Waals surface area contributed by atoms with E-state index in [1.54, 1.807) is 0 Å². The molecule has 2 saturated heterocycles. The molecule has 0 aromatic rings. The molecule has 2 N–H and O–H groups in total. The van der Waals surface area contributed by atoms with Crippen LogP contribution in [0.4, 0.5) is 0 Å². The molecule has 1 spiro atoms. The molecule has 2 aliphatic heterocycles. The van der Waals surface area contributed by atoms with Gasteiger partial charge in [0, 0.05) is 19.3 Å². The Bertz CT molecular complexity index is 368. The zero-order chi connectivity index (χ0) is 12.8. The number of fused-ring (bicyclic) bond motifs is 1. The summed E-state index contributed by atoms with van der Waals surface area (Å²) in [5, 5.41) is 19.7. The van der Waals surface area contributed by atoms with Crippen LogP contribution in [0.15, 0.2) is 0 Å². The zero-order valence-corrected chi connectivity index (χ0v) is 10.3. The first-order valence-corrected chi connectivity index (χ1v) is 6.67. The van der Waals surface area contributed by atoms with Gasteiger partial charge >= 0.3 is 0 Å². The second-order valence-electron chi connectivity index (χ2n) is 5.68. The molecular weight excluding hydrogens is 234 g/mol. The van der Waals surface area contributed by atoms with Gasteiger partial charge in [0.1, 0.15) is 6.10 Å². The van der Waals surface area contributed by atoms with Crippen molar-refractivity contribution in [3.05, 3.63) is 11.4 Å². The fourth-order valence-electron chi connectivity index (χ4n) is 3.64. The molecule has 3 fully saturated rings. The van der Waals surface area contributed by atoms with Gasteiger partial charge < -0.3 is 24.5 Å². The maximum absolute atomic E-state index is 9.90. The van der Waals surface area contributed by atoms with E-state index in [0.29, 0.717) is 19.4 Å². The summed E-state index contributed by atoms with van der Waals surface area (Å²) >= 11 is 0. The molecule has 18 heavy (non-hydrogen) atoms. The summed E-state index contributed by atoms with van der Waals surface area (Å²) in [6.07, 6.45) is 1.94. The van der Waals surface area contributed by atoms with Crippen LogP contribution in [0.3, 0.4) is 0 Å². The first kappa shape index (κ1) is 12.4. The van der Waals surface area contributed by atoms with Crippen molar-refractivity contribution in [2.75, 3.05) is 6.54 Å². The van der Waals surface area contributed by atoms with Crippen molar-refractivity contribution in [1.29, 1.82) is 0 Å². The Morgan fingerprint density at radius 2 is 2.11 bits per heavy atom. The van der Waals surface area contributed by atoms with Crippen LogP contribution in [0.25, 0.3) is 4.85 Å². The van der Waals surface area contributed by atoms with Crippen LogP contribution in [0.5, 0.6) is 0 Å². The van der Waals surface area contributed by atoms with E-state index in [1.807, 2.05) is 0 Å². The predicted octanol–water partition coefficient (Wildman–Crippen LogP) is 0.497. The highest BCUT2D eigenvalue weighted by atomic mass is 16.6. The third-order valence-electron chi connectivity index (χ3n) is 4.52. The molecule has 3 aliphatic rings. The molecule has 3 rings (SSSR count). The van der Waals surface area contributed by atoms with E-state index in [9.17, 15) is 10.2 Å². The fourth-order valence-corrected chi connectivity index (χ4v) is 3.64.